The molecule has 2 aromatic heterocycles. The standard InChI is InChI=1S/C19H23N9O2/c1-10(29)2-7-14(20)26-16(21)11-3-5-12(6-4-11)23-8-13-9-24-17-15(25-13)18(30)28-19(22)27-17/h3-6,9,14,23H,2,7-8,20H2,1H3,(H2,21,26)(H3,22,24,27,28,30). The fourth-order valence-corrected chi connectivity index (χ4v) is 2.70. The van der Waals surface area contributed by atoms with Crippen LogP contribution in [0.15, 0.2) is 35.3 Å². The number of nitrogen functional groups attached to an aromatic ring is 1. The summed E-state index contributed by atoms with van der Waals surface area (Å²) in [6.07, 6.45) is 1.91. The topological polar surface area (TPSA) is 189 Å². The molecule has 3 rings (SSSR count). The molecule has 11 heteroatoms. The molecular weight excluding hydrogens is 386 g/mol. The molecule has 0 saturated carbocycles. The molecule has 0 aliphatic rings. The first-order chi connectivity index (χ1) is 14.3. The van der Waals surface area contributed by atoms with Crippen LogP contribution in [-0.2, 0) is 11.3 Å². The highest BCUT2D eigenvalue weighted by molar-refractivity contribution is 5.96. The quantitative estimate of drug-likeness (QED) is 0.174. The number of anilines is 2. The molecule has 0 fully saturated rings. The zero-order chi connectivity index (χ0) is 21.7. The Balaban J connectivity index is 1.59. The highest BCUT2D eigenvalue weighted by Gasteiger charge is 2.09. The Morgan fingerprint density at radius 2 is 2.00 bits per heavy atom. The third kappa shape index (κ3) is 5.35. The van der Waals surface area contributed by atoms with Crippen molar-refractivity contribution in [3.05, 3.63) is 52.1 Å². The molecule has 0 radical (unpaired) electrons. The van der Waals surface area contributed by atoms with E-state index in [1.54, 1.807) is 12.1 Å². The SMILES string of the molecule is CC(=O)CCC(N)NC(=N)c1ccc(NCc2cnc3nc(N)[nH]c(=O)c3n2)cc1. The van der Waals surface area contributed by atoms with Crippen LogP contribution in [-0.4, -0.2) is 37.7 Å². The molecule has 30 heavy (non-hydrogen) atoms. The lowest BCUT2D eigenvalue weighted by atomic mass is 10.1. The number of fused-ring (bicyclic) bond motifs is 1. The van der Waals surface area contributed by atoms with Crippen molar-refractivity contribution in [2.24, 2.45) is 5.73 Å². The summed E-state index contributed by atoms with van der Waals surface area (Å²) in [5, 5.41) is 14.2. The number of carbonyl (C=O) groups excluding carboxylic acids is 1. The second kappa shape index (κ2) is 9.09. The number of carbonyl (C=O) groups is 1. The van der Waals surface area contributed by atoms with Crippen molar-refractivity contribution in [1.82, 2.24) is 25.3 Å². The van der Waals surface area contributed by atoms with Gasteiger partial charge < -0.3 is 26.9 Å². The number of amidine groups is 1. The summed E-state index contributed by atoms with van der Waals surface area (Å²) in [7, 11) is 0. The largest absolute Gasteiger partial charge is 0.379 e. The molecule has 3 aromatic rings. The summed E-state index contributed by atoms with van der Waals surface area (Å²) in [6, 6.07) is 7.18. The van der Waals surface area contributed by atoms with Crippen LogP contribution in [0.1, 0.15) is 31.0 Å². The van der Waals surface area contributed by atoms with E-state index < -0.39 is 11.7 Å². The summed E-state index contributed by atoms with van der Waals surface area (Å²) in [4.78, 5) is 37.7. The molecule has 0 spiro atoms. The molecule has 0 amide bonds. The molecule has 156 valence electrons. The average molecular weight is 409 g/mol. The van der Waals surface area contributed by atoms with Gasteiger partial charge in [0.15, 0.2) is 11.2 Å². The van der Waals surface area contributed by atoms with E-state index in [0.717, 1.165) is 5.69 Å². The molecule has 1 unspecified atom stereocenters. The molecular formula is C19H23N9O2. The lowest BCUT2D eigenvalue weighted by Crippen LogP contribution is -2.41. The summed E-state index contributed by atoms with van der Waals surface area (Å²) in [5.41, 5.74) is 13.3. The van der Waals surface area contributed by atoms with Gasteiger partial charge in [0.05, 0.1) is 24.6 Å². The van der Waals surface area contributed by atoms with Crippen molar-refractivity contribution in [2.75, 3.05) is 11.1 Å². The van der Waals surface area contributed by atoms with E-state index in [9.17, 15) is 9.59 Å². The van der Waals surface area contributed by atoms with Crippen molar-refractivity contribution in [3.8, 4) is 0 Å². The second-order valence-electron chi connectivity index (χ2n) is 6.78. The van der Waals surface area contributed by atoms with Crippen LogP contribution in [0.25, 0.3) is 11.2 Å². The first kappa shape index (κ1) is 20.9. The molecule has 1 atom stereocenters. The first-order valence-corrected chi connectivity index (χ1v) is 9.27. The van der Waals surface area contributed by atoms with Gasteiger partial charge in [-0.2, -0.15) is 4.98 Å². The Labute approximate surface area is 171 Å². The van der Waals surface area contributed by atoms with Crippen molar-refractivity contribution in [1.29, 1.82) is 5.41 Å². The van der Waals surface area contributed by atoms with Gasteiger partial charge in [-0.1, -0.05) is 0 Å². The van der Waals surface area contributed by atoms with Crippen molar-refractivity contribution in [3.63, 3.8) is 0 Å². The normalized spacial score (nSPS) is 11.8. The zero-order valence-electron chi connectivity index (χ0n) is 16.4. The van der Waals surface area contributed by atoms with Gasteiger partial charge in [-0.25, -0.2) is 9.97 Å². The van der Waals surface area contributed by atoms with Crippen LogP contribution in [0.5, 0.6) is 0 Å². The maximum Gasteiger partial charge on any atom is 0.280 e. The van der Waals surface area contributed by atoms with Crippen LogP contribution in [0.4, 0.5) is 11.6 Å². The van der Waals surface area contributed by atoms with Gasteiger partial charge in [0.1, 0.15) is 11.6 Å². The van der Waals surface area contributed by atoms with Crippen LogP contribution in [0, 0.1) is 5.41 Å². The smallest absolute Gasteiger partial charge is 0.280 e. The number of Topliss-reactive ketones (excluding diaryl/α,β-unsaturated/α-hetero) is 1. The first-order valence-electron chi connectivity index (χ1n) is 9.27. The minimum Gasteiger partial charge on any atom is -0.379 e. The Kier molecular flexibility index (Phi) is 6.32. The minimum absolute atomic E-state index is 0.00682. The Morgan fingerprint density at radius 3 is 2.70 bits per heavy atom. The van der Waals surface area contributed by atoms with Crippen LogP contribution in [0.2, 0.25) is 0 Å². The number of aromatic nitrogens is 4. The number of nitrogens with two attached hydrogens (primary N) is 2. The molecule has 11 nitrogen and oxygen atoms in total. The van der Waals surface area contributed by atoms with E-state index in [0.29, 0.717) is 30.6 Å². The summed E-state index contributed by atoms with van der Waals surface area (Å²) in [5.74, 6) is 0.243. The number of aromatic amines is 1. The van der Waals surface area contributed by atoms with Crippen molar-refractivity contribution < 1.29 is 4.79 Å². The number of benzene rings is 1. The molecule has 1 aromatic carbocycles. The van der Waals surface area contributed by atoms with E-state index in [2.05, 4.69) is 30.6 Å². The molecule has 0 bridgehead atoms. The lowest BCUT2D eigenvalue weighted by molar-refractivity contribution is -0.117. The lowest BCUT2D eigenvalue weighted by Gasteiger charge is -2.15. The van der Waals surface area contributed by atoms with E-state index in [-0.39, 0.29) is 28.7 Å². The minimum atomic E-state index is -0.460. The average Bonchev–Trinajstić information content (AvgIpc) is 2.71. The second-order valence-corrected chi connectivity index (χ2v) is 6.78. The number of rotatable bonds is 8. The van der Waals surface area contributed by atoms with Gasteiger partial charge >= 0.3 is 0 Å². The van der Waals surface area contributed by atoms with Gasteiger partial charge in [0, 0.05) is 17.7 Å². The fraction of sp³-hybridized carbons (Fsp3) is 0.263. The maximum absolute atomic E-state index is 11.9. The number of H-pyrrole nitrogens is 1. The van der Waals surface area contributed by atoms with Crippen LogP contribution >= 0.6 is 0 Å². The van der Waals surface area contributed by atoms with Gasteiger partial charge in [-0.05, 0) is 37.6 Å². The highest BCUT2D eigenvalue weighted by Crippen LogP contribution is 2.12. The molecule has 2 heterocycles. The number of hydrogen-bond acceptors (Lipinski definition) is 9. The van der Waals surface area contributed by atoms with E-state index in [4.69, 9.17) is 16.9 Å². The van der Waals surface area contributed by atoms with E-state index >= 15 is 0 Å². The van der Waals surface area contributed by atoms with E-state index in [1.807, 2.05) is 12.1 Å². The fourth-order valence-electron chi connectivity index (χ4n) is 2.70. The maximum atomic E-state index is 11.9. The Morgan fingerprint density at radius 1 is 1.27 bits per heavy atom. The number of ketones is 1. The van der Waals surface area contributed by atoms with Gasteiger partial charge in [-0.3, -0.25) is 15.2 Å². The Bertz CT molecular complexity index is 1130. The summed E-state index contributed by atoms with van der Waals surface area (Å²) in [6.45, 7) is 1.86. The predicted molar refractivity (Wildman–Crippen MR) is 114 cm³/mol. The molecule has 0 aliphatic carbocycles. The van der Waals surface area contributed by atoms with Crippen LogP contribution < -0.4 is 27.7 Å². The highest BCUT2D eigenvalue weighted by atomic mass is 16.1. The Hall–Kier alpha value is -3.86. The van der Waals surface area contributed by atoms with Gasteiger partial charge in [-0.15, -0.1) is 0 Å². The summed E-state index contributed by atoms with van der Waals surface area (Å²) < 4.78 is 0. The number of nitrogens with one attached hydrogen (secondary N) is 4. The number of nitrogens with zero attached hydrogens (tertiary/aromatic N) is 3. The molecule has 8 N–H and O–H groups in total. The molecule has 0 aliphatic heterocycles. The van der Waals surface area contributed by atoms with Gasteiger partial charge in [0.25, 0.3) is 5.56 Å². The predicted octanol–water partition coefficient (Wildman–Crippen LogP) is 0.476. The van der Waals surface area contributed by atoms with E-state index in [1.165, 1.54) is 13.1 Å². The molecule has 0 saturated heterocycles. The monoisotopic (exact) mass is 409 g/mol. The summed E-state index contributed by atoms with van der Waals surface area (Å²) >= 11 is 0. The number of hydrogen-bond donors (Lipinski definition) is 6. The van der Waals surface area contributed by atoms with Crippen LogP contribution in [0.3, 0.4) is 0 Å². The van der Waals surface area contributed by atoms with Crippen molar-refractivity contribution in [2.45, 2.75) is 32.5 Å². The zero-order valence-corrected chi connectivity index (χ0v) is 16.4. The third-order valence-corrected chi connectivity index (χ3v) is 4.27. The van der Waals surface area contributed by atoms with Crippen molar-refractivity contribution >= 4 is 34.4 Å². The van der Waals surface area contributed by atoms with Gasteiger partial charge in [0.2, 0.25) is 5.95 Å². The third-order valence-electron chi connectivity index (χ3n) is 4.27.